The summed E-state index contributed by atoms with van der Waals surface area (Å²) in [5.74, 6) is -0.681. The first-order valence-electron chi connectivity index (χ1n) is 11.9. The Morgan fingerprint density at radius 2 is 1.54 bits per heavy atom. The van der Waals surface area contributed by atoms with Crippen molar-refractivity contribution < 1.29 is 47.5 Å². The summed E-state index contributed by atoms with van der Waals surface area (Å²) in [6, 6.07) is 17.2. The Kier molecular flexibility index (Phi) is 25.7. The van der Waals surface area contributed by atoms with E-state index in [1.165, 1.54) is 12.0 Å². The Hall–Kier alpha value is -1.39. The Morgan fingerprint density at radius 1 is 0.892 bits per heavy atom. The fourth-order valence-corrected chi connectivity index (χ4v) is 3.58. The number of unbranched alkanes of at least 4 members (excludes halogenated alkanes) is 3. The second kappa shape index (κ2) is 23.7. The fourth-order valence-electron chi connectivity index (χ4n) is 3.58. The molecule has 10 heteroatoms. The largest absolute Gasteiger partial charge is 2.00 e. The smallest absolute Gasteiger partial charge is 1.00 e. The molecule has 0 bridgehead atoms. The van der Waals surface area contributed by atoms with Crippen LogP contribution in [0.3, 0.4) is 0 Å². The number of hydrogen-bond donors (Lipinski definition) is 0. The summed E-state index contributed by atoms with van der Waals surface area (Å²) >= 11 is 0. The molecule has 0 fully saturated rings. The average Bonchev–Trinajstić information content (AvgIpc) is 2.83. The summed E-state index contributed by atoms with van der Waals surface area (Å²) in [4.78, 5) is 25.9. The van der Waals surface area contributed by atoms with Crippen LogP contribution in [0.5, 0.6) is 5.75 Å². The number of carboxylic acid groups (broad SMARTS) is 1. The van der Waals surface area contributed by atoms with Crippen molar-refractivity contribution in [3.63, 3.8) is 0 Å². The van der Waals surface area contributed by atoms with Gasteiger partial charge < -0.3 is 47.6 Å². The van der Waals surface area contributed by atoms with Gasteiger partial charge in [0.2, 0.25) is 0 Å². The summed E-state index contributed by atoms with van der Waals surface area (Å²) in [5.41, 5.74) is 2.01. The van der Waals surface area contributed by atoms with Crippen molar-refractivity contribution in [2.75, 3.05) is 26.3 Å². The molecule has 0 unspecified atom stereocenters. The molecule has 2 aromatic rings. The third-order valence-corrected chi connectivity index (χ3v) is 5.49. The number of benzene rings is 2. The first-order valence-corrected chi connectivity index (χ1v) is 11.9. The number of amides is 1. The molecule has 0 saturated carbocycles. The number of ether oxygens (including phenoxy) is 2. The molecule has 0 spiro atoms. The maximum atomic E-state index is 12.9. The Bertz CT molecular complexity index is 840. The Labute approximate surface area is 256 Å². The van der Waals surface area contributed by atoms with Crippen molar-refractivity contribution in [2.24, 2.45) is 0 Å². The van der Waals surface area contributed by atoms with Crippen LogP contribution in [0, 0.1) is 0 Å². The quantitative estimate of drug-likeness (QED) is 0.178. The van der Waals surface area contributed by atoms with Crippen molar-refractivity contribution in [1.29, 1.82) is 0 Å². The van der Waals surface area contributed by atoms with Crippen LogP contribution >= 0.6 is 0 Å². The van der Waals surface area contributed by atoms with Crippen LogP contribution in [0.15, 0.2) is 54.6 Å². The van der Waals surface area contributed by atoms with E-state index in [4.69, 9.17) is 9.47 Å². The van der Waals surface area contributed by atoms with Gasteiger partial charge in [0, 0.05) is 26.1 Å². The zero-order valence-electron chi connectivity index (χ0n) is 21.9. The van der Waals surface area contributed by atoms with Crippen molar-refractivity contribution in [2.45, 2.75) is 58.5 Å². The third kappa shape index (κ3) is 16.2. The number of hydrogen-bond acceptors (Lipinski definition) is 5. The van der Waals surface area contributed by atoms with E-state index in [2.05, 4.69) is 19.1 Å². The van der Waals surface area contributed by atoms with E-state index >= 15 is 0 Å². The monoisotopic (exact) mass is 565 g/mol. The number of carboxylic acids is 1. The number of rotatable bonds is 16. The topological polar surface area (TPSA) is 142 Å². The van der Waals surface area contributed by atoms with E-state index in [1.54, 1.807) is 31.2 Å². The van der Waals surface area contributed by atoms with Crippen molar-refractivity contribution in [3.05, 3.63) is 65.7 Å². The van der Waals surface area contributed by atoms with Gasteiger partial charge in [-0.25, -0.2) is 0 Å². The normalized spacial score (nSPS) is 10.4. The Morgan fingerprint density at radius 3 is 2.11 bits per heavy atom. The van der Waals surface area contributed by atoms with Gasteiger partial charge in [-0.3, -0.25) is 4.79 Å². The molecule has 2 aromatic carbocycles. The number of aliphatic carboxylic acids is 1. The van der Waals surface area contributed by atoms with Gasteiger partial charge in [-0.15, -0.1) is 0 Å². The van der Waals surface area contributed by atoms with Crippen molar-refractivity contribution in [1.82, 2.24) is 4.90 Å². The van der Waals surface area contributed by atoms with Crippen LogP contribution in [0.1, 0.15) is 50.7 Å². The molecule has 37 heavy (non-hydrogen) atoms. The summed E-state index contributed by atoms with van der Waals surface area (Å²) in [7, 11) is 0. The Balaban J connectivity index is -0.00000289. The van der Waals surface area contributed by atoms with E-state index in [0.717, 1.165) is 37.8 Å². The standard InChI is InChI=1S/C27H37NO5.Ca.ClH.2H2O/c1-3-5-6-10-18-28(19-17-22-11-8-7-9-12-22)26(29)21-33-24-15-13-23(14-16-24)20-25(27(30)31)32-4-2;;;;/h7-9,11-16,25H,3-6,10,17-21H2,1-2H3,(H,30,31);;1H;2*1H2/q;+2;;;/p-2/t25-;;;;/m0..../s1. The molecule has 0 aromatic heterocycles. The van der Waals surface area contributed by atoms with Crippen LogP contribution in [-0.4, -0.2) is 97.9 Å². The van der Waals surface area contributed by atoms with Crippen LogP contribution < -0.4 is 22.3 Å². The molecule has 0 radical (unpaired) electrons. The molecule has 1 atom stereocenters. The predicted molar refractivity (Wildman–Crippen MR) is 140 cm³/mol. The van der Waals surface area contributed by atoms with Crippen LogP contribution in [0.4, 0.5) is 0 Å². The fraction of sp³-hybridized carbons (Fsp3) is 0.481. The van der Waals surface area contributed by atoms with Gasteiger partial charge >= 0.3 is 37.7 Å². The molecule has 0 aliphatic rings. The SMILES string of the molecule is CCCCCCN(CCc1ccccc1)C(=O)COc1ccc(C[C@H](OCC)C(=O)[O-])cc1.O.O.[Ca+2].[Cl-]. The maximum Gasteiger partial charge on any atom is 2.00 e. The molecule has 1 amide bonds. The molecule has 204 valence electrons. The molecule has 8 nitrogen and oxygen atoms in total. The number of halogens is 1. The van der Waals surface area contributed by atoms with Gasteiger partial charge in [0.05, 0.1) is 5.97 Å². The summed E-state index contributed by atoms with van der Waals surface area (Å²) < 4.78 is 10.9. The predicted octanol–water partition coefficient (Wildman–Crippen LogP) is -1.61. The summed E-state index contributed by atoms with van der Waals surface area (Å²) in [6.07, 6.45) is 4.49. The summed E-state index contributed by atoms with van der Waals surface area (Å²) in [5, 5.41) is 11.2. The van der Waals surface area contributed by atoms with Gasteiger partial charge in [0.1, 0.15) is 11.9 Å². The summed E-state index contributed by atoms with van der Waals surface area (Å²) in [6.45, 7) is 5.60. The van der Waals surface area contributed by atoms with Gasteiger partial charge in [-0.1, -0.05) is 68.7 Å². The maximum absolute atomic E-state index is 12.9. The van der Waals surface area contributed by atoms with Gasteiger partial charge in [-0.05, 0) is 43.0 Å². The van der Waals surface area contributed by atoms with Gasteiger partial charge in [0.15, 0.2) is 6.61 Å². The molecule has 0 saturated heterocycles. The van der Waals surface area contributed by atoms with Crippen LogP contribution in [0.25, 0.3) is 0 Å². The van der Waals surface area contributed by atoms with E-state index in [1.807, 2.05) is 23.1 Å². The van der Waals surface area contributed by atoms with Crippen LogP contribution in [0.2, 0.25) is 0 Å². The molecule has 0 aliphatic heterocycles. The van der Waals surface area contributed by atoms with Crippen LogP contribution in [-0.2, 0) is 27.2 Å². The van der Waals surface area contributed by atoms with Gasteiger partial charge in [0.25, 0.3) is 5.91 Å². The molecule has 4 N–H and O–H groups in total. The second-order valence-electron chi connectivity index (χ2n) is 8.08. The third-order valence-electron chi connectivity index (χ3n) is 5.49. The minimum Gasteiger partial charge on any atom is -1.00 e. The molecule has 0 heterocycles. The van der Waals surface area contributed by atoms with E-state index in [-0.39, 0.29) is 80.0 Å². The number of carbonyl (C=O) groups is 2. The molecule has 0 aliphatic carbocycles. The number of nitrogens with zero attached hydrogens (tertiary/aromatic N) is 1. The first kappa shape index (κ1) is 40.1. The van der Waals surface area contributed by atoms with Gasteiger partial charge in [-0.2, -0.15) is 0 Å². The van der Waals surface area contributed by atoms with E-state index in [9.17, 15) is 14.7 Å². The van der Waals surface area contributed by atoms with Crippen molar-refractivity contribution in [3.8, 4) is 5.75 Å². The minimum atomic E-state index is -1.22. The first-order chi connectivity index (χ1) is 16.0. The minimum absolute atomic E-state index is 0. The molecular weight excluding hydrogens is 526 g/mol. The van der Waals surface area contributed by atoms with E-state index < -0.39 is 12.1 Å². The zero-order chi connectivity index (χ0) is 23.9. The van der Waals surface area contributed by atoms with E-state index in [0.29, 0.717) is 18.9 Å². The second-order valence-corrected chi connectivity index (χ2v) is 8.08. The average molecular weight is 566 g/mol. The molecular formula is C27H40CaClNO7. The molecule has 2 rings (SSSR count). The van der Waals surface area contributed by atoms with Crippen molar-refractivity contribution >= 4 is 49.6 Å². The number of carbonyl (C=O) groups excluding carboxylic acids is 2. The zero-order valence-corrected chi connectivity index (χ0v) is 24.9.